The lowest BCUT2D eigenvalue weighted by Gasteiger charge is -2.32. The van der Waals surface area contributed by atoms with Gasteiger partial charge < -0.3 is 9.80 Å². The second-order valence-corrected chi connectivity index (χ2v) is 17.4. The van der Waals surface area contributed by atoms with Crippen molar-refractivity contribution >= 4 is 65.6 Å². The highest BCUT2D eigenvalue weighted by molar-refractivity contribution is 7.25. The fraction of sp³-hybridized carbons (Fsp3) is 0.208. The highest BCUT2D eigenvalue weighted by Crippen LogP contribution is 2.55. The number of hydrogen-bond donors (Lipinski definition) is 0. The van der Waals surface area contributed by atoms with Gasteiger partial charge >= 0.3 is 0 Å². The van der Waals surface area contributed by atoms with Crippen LogP contribution >= 0.6 is 11.3 Å². The molecule has 11 rings (SSSR count). The molecule has 0 radical (unpaired) electrons. The summed E-state index contributed by atoms with van der Waals surface area (Å²) in [6.07, 6.45) is 11.3. The lowest BCUT2D eigenvalue weighted by Crippen LogP contribution is -2.22. The topological polar surface area (TPSA) is 6.48 Å². The number of para-hydroxylation sites is 2. The van der Waals surface area contributed by atoms with Crippen molar-refractivity contribution in [3.8, 4) is 0 Å². The average Bonchev–Trinajstić information content (AvgIpc) is 3.95. The molecule has 0 saturated heterocycles. The molecule has 3 aliphatic rings. The van der Waals surface area contributed by atoms with E-state index in [0.29, 0.717) is 5.92 Å². The first-order valence-electron chi connectivity index (χ1n) is 20.7. The maximum absolute atomic E-state index is 2.57. The summed E-state index contributed by atoms with van der Waals surface area (Å²) in [5, 5.41) is 2.69. The molecule has 1 atom stereocenters. The number of fused-ring (bicyclic) bond motifs is 7. The lowest BCUT2D eigenvalue weighted by atomic mass is 9.76. The minimum absolute atomic E-state index is 0.00166. The molecule has 0 aliphatic heterocycles. The van der Waals surface area contributed by atoms with Gasteiger partial charge in [0, 0.05) is 59.7 Å². The molecule has 0 amide bonds. The minimum Gasteiger partial charge on any atom is -0.310 e. The van der Waals surface area contributed by atoms with Crippen molar-refractivity contribution in [3.05, 3.63) is 192 Å². The lowest BCUT2D eigenvalue weighted by molar-refractivity contribution is 0.443. The SMILES string of the molecule is c1ccc(N(c2ccccc2)c2ccc3c(c2)[C@@]2(CC3)CCc3ccc(N(c4ccc(C5CCCCC5)cc4)c4ccc5c(c4)sc4ccccc45)cc32)cc1. The van der Waals surface area contributed by atoms with Crippen molar-refractivity contribution < 1.29 is 0 Å². The summed E-state index contributed by atoms with van der Waals surface area (Å²) < 4.78 is 2.68. The van der Waals surface area contributed by atoms with E-state index in [9.17, 15) is 0 Å². The molecule has 1 heterocycles. The molecule has 0 unspecified atom stereocenters. The zero-order valence-electron chi connectivity index (χ0n) is 31.8. The Hall–Kier alpha value is -5.64. The molecule has 1 fully saturated rings. The van der Waals surface area contributed by atoms with Gasteiger partial charge in [0.15, 0.2) is 0 Å². The summed E-state index contributed by atoms with van der Waals surface area (Å²) >= 11 is 1.90. The normalized spacial score (nSPS) is 17.7. The van der Waals surface area contributed by atoms with E-state index in [-0.39, 0.29) is 5.41 Å². The van der Waals surface area contributed by atoms with Crippen LogP contribution in [0.25, 0.3) is 20.2 Å². The van der Waals surface area contributed by atoms with Gasteiger partial charge in [-0.05, 0) is 151 Å². The molecule has 1 saturated carbocycles. The molecule has 1 aromatic heterocycles. The third-order valence-corrected chi connectivity index (χ3v) is 14.4. The van der Waals surface area contributed by atoms with Crippen LogP contribution in [0, 0.1) is 0 Å². The summed E-state index contributed by atoms with van der Waals surface area (Å²) in [6, 6.07) is 61.9. The molecule has 2 nitrogen and oxygen atoms in total. The predicted molar refractivity (Wildman–Crippen MR) is 238 cm³/mol. The molecular formula is C53H46N2S. The van der Waals surface area contributed by atoms with Crippen LogP contribution in [0.3, 0.4) is 0 Å². The minimum atomic E-state index is 0.00166. The second kappa shape index (κ2) is 13.8. The van der Waals surface area contributed by atoms with Gasteiger partial charge in [0.25, 0.3) is 0 Å². The second-order valence-electron chi connectivity index (χ2n) is 16.3. The smallest absolute Gasteiger partial charge is 0.0476 e. The van der Waals surface area contributed by atoms with E-state index in [1.807, 2.05) is 11.3 Å². The molecular weight excluding hydrogens is 697 g/mol. The van der Waals surface area contributed by atoms with E-state index < -0.39 is 0 Å². The number of hydrogen-bond acceptors (Lipinski definition) is 3. The standard InChI is InChI=1S/C53H46N2S/c1-4-12-37(13-5-1)38-20-24-43(25-21-38)55(46-28-29-48-47-18-10-11-19-51(47)56-52(48)36-46)45-27-23-40-31-33-53(50(40)35-45)32-30-39-22-26-44(34-49(39)53)54(41-14-6-2-7-15-41)42-16-8-3-9-17-42/h2-3,6-11,14-29,34-37H,1,4-5,12-13,30-33H2/t53-/m1/s1. The van der Waals surface area contributed by atoms with Crippen LogP contribution in [0.2, 0.25) is 0 Å². The molecule has 1 spiro atoms. The number of anilines is 6. The Morgan fingerprint density at radius 2 is 0.929 bits per heavy atom. The molecule has 7 aromatic carbocycles. The molecule has 3 aliphatic carbocycles. The Bertz CT molecular complexity index is 2650. The molecule has 274 valence electrons. The third-order valence-electron chi connectivity index (χ3n) is 13.3. The number of nitrogens with zero attached hydrogens (tertiary/aromatic N) is 2. The van der Waals surface area contributed by atoms with Crippen molar-refractivity contribution in [2.24, 2.45) is 0 Å². The van der Waals surface area contributed by atoms with Gasteiger partial charge in [-0.25, -0.2) is 0 Å². The summed E-state index contributed by atoms with van der Waals surface area (Å²) in [6.45, 7) is 0. The molecule has 3 heteroatoms. The molecule has 56 heavy (non-hydrogen) atoms. The quantitative estimate of drug-likeness (QED) is 0.160. The van der Waals surface area contributed by atoms with Gasteiger partial charge in [-0.1, -0.05) is 104 Å². The zero-order chi connectivity index (χ0) is 37.1. The Morgan fingerprint density at radius 3 is 1.57 bits per heavy atom. The molecule has 8 aromatic rings. The van der Waals surface area contributed by atoms with Crippen LogP contribution < -0.4 is 9.80 Å². The van der Waals surface area contributed by atoms with Gasteiger partial charge in [0.05, 0.1) is 0 Å². The van der Waals surface area contributed by atoms with Gasteiger partial charge in [0.1, 0.15) is 0 Å². The van der Waals surface area contributed by atoms with Crippen LogP contribution in [0.15, 0.2) is 164 Å². The first-order valence-corrected chi connectivity index (χ1v) is 21.5. The predicted octanol–water partition coefficient (Wildman–Crippen LogP) is 15.2. The number of aryl methyl sites for hydroxylation is 2. The summed E-state index contributed by atoms with van der Waals surface area (Å²) in [4.78, 5) is 4.95. The van der Waals surface area contributed by atoms with Crippen LogP contribution in [0.4, 0.5) is 34.1 Å². The first-order chi connectivity index (χ1) is 27.7. The van der Waals surface area contributed by atoms with Crippen molar-refractivity contribution in [2.75, 3.05) is 9.80 Å². The van der Waals surface area contributed by atoms with Crippen LogP contribution in [0.1, 0.15) is 78.7 Å². The fourth-order valence-electron chi connectivity index (χ4n) is 10.5. The fourth-order valence-corrected chi connectivity index (χ4v) is 11.6. The summed E-state index contributed by atoms with van der Waals surface area (Å²) in [5.74, 6) is 0.688. The van der Waals surface area contributed by atoms with Gasteiger partial charge in [-0.2, -0.15) is 0 Å². The Balaban J connectivity index is 1.03. The van der Waals surface area contributed by atoms with Gasteiger partial charge in [-0.3, -0.25) is 0 Å². The van der Waals surface area contributed by atoms with Crippen LogP contribution in [0.5, 0.6) is 0 Å². The monoisotopic (exact) mass is 742 g/mol. The number of thiophene rings is 1. The molecule has 0 bridgehead atoms. The summed E-state index contributed by atoms with van der Waals surface area (Å²) in [5.41, 5.74) is 14.8. The average molecular weight is 743 g/mol. The molecule has 0 N–H and O–H groups in total. The first kappa shape index (κ1) is 33.7. The Morgan fingerprint density at radius 1 is 0.429 bits per heavy atom. The maximum atomic E-state index is 2.57. The highest BCUT2D eigenvalue weighted by atomic mass is 32.1. The van der Waals surface area contributed by atoms with E-state index in [2.05, 4.69) is 174 Å². The Kier molecular flexibility index (Phi) is 8.32. The van der Waals surface area contributed by atoms with Crippen molar-refractivity contribution in [2.45, 2.75) is 69.1 Å². The number of rotatable bonds is 7. The van der Waals surface area contributed by atoms with Gasteiger partial charge in [0.2, 0.25) is 0 Å². The van der Waals surface area contributed by atoms with Crippen molar-refractivity contribution in [1.29, 1.82) is 0 Å². The van der Waals surface area contributed by atoms with Crippen LogP contribution in [-0.2, 0) is 18.3 Å². The van der Waals surface area contributed by atoms with E-state index in [0.717, 1.165) is 25.7 Å². The van der Waals surface area contributed by atoms with E-state index in [1.165, 1.54) is 114 Å². The Labute approximate surface area is 334 Å². The highest BCUT2D eigenvalue weighted by Gasteiger charge is 2.45. The van der Waals surface area contributed by atoms with Crippen molar-refractivity contribution in [3.63, 3.8) is 0 Å². The van der Waals surface area contributed by atoms with Crippen molar-refractivity contribution in [1.82, 2.24) is 0 Å². The van der Waals surface area contributed by atoms with Gasteiger partial charge in [-0.15, -0.1) is 11.3 Å². The third kappa shape index (κ3) is 5.67. The van der Waals surface area contributed by atoms with E-state index in [4.69, 9.17) is 0 Å². The maximum Gasteiger partial charge on any atom is 0.0476 e. The van der Waals surface area contributed by atoms with E-state index in [1.54, 1.807) is 0 Å². The van der Waals surface area contributed by atoms with E-state index >= 15 is 0 Å². The zero-order valence-corrected chi connectivity index (χ0v) is 32.6. The largest absolute Gasteiger partial charge is 0.310 e. The number of benzene rings is 7. The van der Waals surface area contributed by atoms with Crippen LogP contribution in [-0.4, -0.2) is 0 Å². The summed E-state index contributed by atoms with van der Waals surface area (Å²) in [7, 11) is 0.